The molecule has 5 rings (SSSR count). The molecule has 0 bridgehead atoms. The summed E-state index contributed by atoms with van der Waals surface area (Å²) in [5, 5.41) is 14.0. The van der Waals surface area contributed by atoms with E-state index in [2.05, 4.69) is 25.7 Å². The maximum atomic E-state index is 12.1. The molecule has 0 unspecified atom stereocenters. The number of hydrogen-bond donors (Lipinski definition) is 3. The number of amides is 1. The zero-order valence-corrected chi connectivity index (χ0v) is 18.4. The third kappa shape index (κ3) is 4.20. The first-order valence-corrected chi connectivity index (χ1v) is 10.7. The van der Waals surface area contributed by atoms with Gasteiger partial charge in [0.1, 0.15) is 0 Å². The Labute approximate surface area is 190 Å². The minimum absolute atomic E-state index is 0.157. The van der Waals surface area contributed by atoms with Crippen molar-refractivity contribution < 1.29 is 9.53 Å². The van der Waals surface area contributed by atoms with E-state index in [0.29, 0.717) is 49.6 Å². The molecule has 4 aromatic rings. The van der Waals surface area contributed by atoms with E-state index in [0.717, 1.165) is 27.7 Å². The van der Waals surface area contributed by atoms with Crippen molar-refractivity contribution in [2.45, 2.75) is 6.92 Å². The van der Waals surface area contributed by atoms with E-state index in [4.69, 9.17) is 19.7 Å². The van der Waals surface area contributed by atoms with Crippen molar-refractivity contribution in [3.63, 3.8) is 0 Å². The fraction of sp³-hybridized carbons (Fsp3) is 0.261. The number of hydrogen-bond acceptors (Lipinski definition) is 8. The average molecular weight is 444 g/mol. The number of ether oxygens (including phenoxy) is 1. The molecule has 1 amide bonds. The lowest BCUT2D eigenvalue weighted by Gasteiger charge is -2.27. The number of nitrogens with zero attached hydrogens (tertiary/aromatic N) is 5. The molecule has 168 valence electrons. The van der Waals surface area contributed by atoms with Crippen molar-refractivity contribution in [2.75, 3.05) is 43.6 Å². The van der Waals surface area contributed by atoms with Crippen LogP contribution in [0.1, 0.15) is 15.9 Å². The normalized spacial score (nSPS) is 13.8. The Kier molecular flexibility index (Phi) is 5.57. The van der Waals surface area contributed by atoms with Crippen LogP contribution in [0.15, 0.2) is 42.6 Å². The van der Waals surface area contributed by atoms with Gasteiger partial charge in [0.05, 0.1) is 24.9 Å². The van der Waals surface area contributed by atoms with Gasteiger partial charge in [-0.1, -0.05) is 18.2 Å². The largest absolute Gasteiger partial charge is 0.378 e. The van der Waals surface area contributed by atoms with Crippen LogP contribution in [0.25, 0.3) is 22.3 Å². The van der Waals surface area contributed by atoms with Gasteiger partial charge in [-0.3, -0.25) is 9.89 Å². The Balaban J connectivity index is 1.59. The number of carbonyl (C=O) groups is 1. The van der Waals surface area contributed by atoms with Gasteiger partial charge in [0, 0.05) is 42.3 Å². The Morgan fingerprint density at radius 1 is 1.12 bits per heavy atom. The summed E-state index contributed by atoms with van der Waals surface area (Å²) in [5.41, 5.74) is 4.04. The molecule has 2 aromatic heterocycles. The van der Waals surface area contributed by atoms with Crippen LogP contribution in [0.4, 0.5) is 17.6 Å². The molecule has 10 heteroatoms. The lowest BCUT2D eigenvalue weighted by Crippen LogP contribution is -2.37. The maximum Gasteiger partial charge on any atom is 0.251 e. The van der Waals surface area contributed by atoms with Crippen molar-refractivity contribution in [1.82, 2.24) is 30.5 Å². The lowest BCUT2D eigenvalue weighted by molar-refractivity contribution is 0.0963. The summed E-state index contributed by atoms with van der Waals surface area (Å²) >= 11 is 0. The van der Waals surface area contributed by atoms with Gasteiger partial charge in [0.2, 0.25) is 11.9 Å². The van der Waals surface area contributed by atoms with Crippen molar-refractivity contribution in [2.24, 2.45) is 0 Å². The molecule has 3 heterocycles. The zero-order valence-electron chi connectivity index (χ0n) is 18.4. The fourth-order valence-electron chi connectivity index (χ4n) is 3.77. The number of nitrogens with one attached hydrogen (secondary N) is 3. The van der Waals surface area contributed by atoms with E-state index in [-0.39, 0.29) is 5.91 Å². The zero-order chi connectivity index (χ0) is 22.8. The molecule has 0 spiro atoms. The Morgan fingerprint density at radius 2 is 1.97 bits per heavy atom. The molecule has 1 saturated heterocycles. The molecular formula is C23H24N8O2. The SMILES string of the molecule is CNC(=O)c1ccc(C)c(Nc2nc(-c3cccc4[nH]ncc34)nc(N3CCOCC3)n2)c1. The van der Waals surface area contributed by atoms with E-state index < -0.39 is 0 Å². The predicted molar refractivity (Wildman–Crippen MR) is 126 cm³/mol. The van der Waals surface area contributed by atoms with Crippen LogP contribution in [0.5, 0.6) is 0 Å². The minimum atomic E-state index is -0.157. The number of rotatable bonds is 5. The van der Waals surface area contributed by atoms with Gasteiger partial charge in [0.25, 0.3) is 5.91 Å². The molecule has 33 heavy (non-hydrogen) atoms. The van der Waals surface area contributed by atoms with Crippen LogP contribution < -0.4 is 15.5 Å². The molecular weight excluding hydrogens is 420 g/mol. The lowest BCUT2D eigenvalue weighted by atomic mass is 10.1. The number of fused-ring (bicyclic) bond motifs is 1. The molecule has 10 nitrogen and oxygen atoms in total. The van der Waals surface area contributed by atoms with Gasteiger partial charge in [0.15, 0.2) is 5.82 Å². The molecule has 3 N–H and O–H groups in total. The molecule has 1 fully saturated rings. The number of morpholine rings is 1. The second-order valence-corrected chi connectivity index (χ2v) is 7.75. The third-order valence-corrected chi connectivity index (χ3v) is 5.62. The molecule has 0 saturated carbocycles. The van der Waals surface area contributed by atoms with E-state index in [1.165, 1.54) is 0 Å². The van der Waals surface area contributed by atoms with Gasteiger partial charge in [-0.25, -0.2) is 0 Å². The highest BCUT2D eigenvalue weighted by Gasteiger charge is 2.19. The smallest absolute Gasteiger partial charge is 0.251 e. The highest BCUT2D eigenvalue weighted by atomic mass is 16.5. The van der Waals surface area contributed by atoms with E-state index in [1.807, 2.05) is 31.2 Å². The van der Waals surface area contributed by atoms with E-state index in [1.54, 1.807) is 25.4 Å². The minimum Gasteiger partial charge on any atom is -0.378 e. The Morgan fingerprint density at radius 3 is 2.79 bits per heavy atom. The topological polar surface area (TPSA) is 121 Å². The standard InChI is InChI=1S/C23H24N8O2/c1-14-6-7-15(21(32)24-2)12-19(14)26-22-27-20(16-4-3-5-18-17(16)13-25-30-18)28-23(29-22)31-8-10-33-11-9-31/h3-7,12-13H,8-11H2,1-2H3,(H,24,32)(H,25,30)(H,26,27,28,29). The number of anilines is 3. The summed E-state index contributed by atoms with van der Waals surface area (Å²) < 4.78 is 5.49. The van der Waals surface area contributed by atoms with Gasteiger partial charge in [-0.05, 0) is 30.7 Å². The number of benzene rings is 2. The summed E-state index contributed by atoms with van der Waals surface area (Å²) in [5.74, 6) is 1.36. The van der Waals surface area contributed by atoms with Gasteiger partial charge in [-0.15, -0.1) is 0 Å². The molecule has 2 aromatic carbocycles. The van der Waals surface area contributed by atoms with Crippen LogP contribution in [-0.2, 0) is 4.74 Å². The summed E-state index contributed by atoms with van der Waals surface area (Å²) in [6.45, 7) is 4.60. The predicted octanol–water partition coefficient (Wildman–Crippen LogP) is 2.66. The van der Waals surface area contributed by atoms with Crippen molar-refractivity contribution in [3.05, 3.63) is 53.7 Å². The van der Waals surface area contributed by atoms with Crippen molar-refractivity contribution >= 4 is 34.4 Å². The second-order valence-electron chi connectivity index (χ2n) is 7.75. The molecule has 1 aliphatic heterocycles. The number of aromatic nitrogens is 5. The van der Waals surface area contributed by atoms with Crippen molar-refractivity contribution in [3.8, 4) is 11.4 Å². The summed E-state index contributed by atoms with van der Waals surface area (Å²) in [7, 11) is 1.61. The molecule has 0 radical (unpaired) electrons. The highest BCUT2D eigenvalue weighted by molar-refractivity contribution is 5.95. The van der Waals surface area contributed by atoms with Gasteiger partial charge < -0.3 is 20.3 Å². The quantitative estimate of drug-likeness (QED) is 0.430. The van der Waals surface area contributed by atoms with Crippen LogP contribution in [0.3, 0.4) is 0 Å². The van der Waals surface area contributed by atoms with Crippen LogP contribution >= 0.6 is 0 Å². The fourth-order valence-corrected chi connectivity index (χ4v) is 3.77. The number of H-pyrrole nitrogens is 1. The first-order chi connectivity index (χ1) is 16.1. The van der Waals surface area contributed by atoms with Crippen LogP contribution in [-0.4, -0.2) is 64.4 Å². The second kappa shape index (κ2) is 8.83. The van der Waals surface area contributed by atoms with E-state index >= 15 is 0 Å². The Hall–Kier alpha value is -4.05. The molecule has 0 atom stereocenters. The number of carbonyl (C=O) groups excluding carboxylic acids is 1. The summed E-state index contributed by atoms with van der Waals surface area (Å²) in [6.07, 6.45) is 1.77. The summed E-state index contributed by atoms with van der Waals surface area (Å²) in [6, 6.07) is 11.3. The first-order valence-electron chi connectivity index (χ1n) is 10.7. The number of aryl methyl sites for hydroxylation is 1. The maximum absolute atomic E-state index is 12.1. The monoisotopic (exact) mass is 444 g/mol. The molecule has 1 aliphatic rings. The van der Waals surface area contributed by atoms with Crippen LogP contribution in [0, 0.1) is 6.92 Å². The van der Waals surface area contributed by atoms with Gasteiger partial charge >= 0.3 is 0 Å². The third-order valence-electron chi connectivity index (χ3n) is 5.62. The average Bonchev–Trinajstić information content (AvgIpc) is 3.34. The Bertz CT molecular complexity index is 1310. The highest BCUT2D eigenvalue weighted by Crippen LogP contribution is 2.28. The van der Waals surface area contributed by atoms with E-state index in [9.17, 15) is 4.79 Å². The summed E-state index contributed by atoms with van der Waals surface area (Å²) in [4.78, 5) is 28.4. The van der Waals surface area contributed by atoms with Crippen LogP contribution in [0.2, 0.25) is 0 Å². The molecule has 0 aliphatic carbocycles. The van der Waals surface area contributed by atoms with Gasteiger partial charge in [-0.2, -0.15) is 20.1 Å². The number of aromatic amines is 1. The van der Waals surface area contributed by atoms with Crippen molar-refractivity contribution in [1.29, 1.82) is 0 Å². The first kappa shape index (κ1) is 20.8.